The number of hydrogen-bond donors (Lipinski definition) is 2. The third-order valence-corrected chi connectivity index (χ3v) is 4.60. The Morgan fingerprint density at radius 1 is 1.43 bits per heavy atom. The molecule has 1 aromatic carbocycles. The zero-order valence-electron chi connectivity index (χ0n) is 11.6. The summed E-state index contributed by atoms with van der Waals surface area (Å²) in [6, 6.07) is 7.96. The van der Waals surface area contributed by atoms with Crippen molar-refractivity contribution in [1.29, 1.82) is 0 Å². The molecule has 1 aliphatic heterocycles. The second-order valence-electron chi connectivity index (χ2n) is 4.58. The van der Waals surface area contributed by atoms with Crippen molar-refractivity contribution in [1.82, 2.24) is 10.6 Å². The Hall–Kier alpha value is -0.430. The van der Waals surface area contributed by atoms with E-state index in [1.165, 1.54) is 0 Å². The Balaban J connectivity index is 0.00000220. The fourth-order valence-corrected chi connectivity index (χ4v) is 3.15. The minimum atomic E-state index is 0. The molecular weight excluding hydrogens is 376 g/mol. The summed E-state index contributed by atoms with van der Waals surface area (Å²) in [5.74, 6) is 3.05. The molecule has 1 saturated heterocycles. The summed E-state index contributed by atoms with van der Waals surface area (Å²) in [5.41, 5.74) is 0. The zero-order chi connectivity index (χ0) is 14.2. The van der Waals surface area contributed by atoms with Crippen molar-refractivity contribution in [2.75, 3.05) is 31.2 Å². The molecule has 0 aliphatic carbocycles. The van der Waals surface area contributed by atoms with Crippen LogP contribution in [0.4, 0.5) is 0 Å². The quantitative estimate of drug-likeness (QED) is 0.727. The summed E-state index contributed by atoms with van der Waals surface area (Å²) in [4.78, 5) is 11.7. The molecule has 1 aromatic rings. The number of halogens is 2. The van der Waals surface area contributed by atoms with Crippen molar-refractivity contribution in [2.45, 2.75) is 12.5 Å². The molecule has 118 valence electrons. The van der Waals surface area contributed by atoms with Crippen LogP contribution in [0.5, 0.6) is 5.75 Å². The number of thioether (sulfide) groups is 1. The van der Waals surface area contributed by atoms with Crippen LogP contribution in [0.3, 0.4) is 0 Å². The van der Waals surface area contributed by atoms with Gasteiger partial charge in [-0.25, -0.2) is 0 Å². The van der Waals surface area contributed by atoms with Crippen LogP contribution in [0.15, 0.2) is 28.7 Å². The smallest absolute Gasteiger partial charge is 0.221 e. The van der Waals surface area contributed by atoms with Gasteiger partial charge in [0.05, 0.1) is 6.54 Å². The molecular formula is C14H20BrClN2O2S. The van der Waals surface area contributed by atoms with Crippen molar-refractivity contribution in [3.8, 4) is 5.75 Å². The summed E-state index contributed by atoms with van der Waals surface area (Å²) < 4.78 is 6.57. The van der Waals surface area contributed by atoms with Gasteiger partial charge >= 0.3 is 0 Å². The fraction of sp³-hybridized carbons (Fsp3) is 0.500. The third-order valence-electron chi connectivity index (χ3n) is 2.94. The average Bonchev–Trinajstić information content (AvgIpc) is 2.46. The monoisotopic (exact) mass is 394 g/mol. The van der Waals surface area contributed by atoms with Crippen molar-refractivity contribution < 1.29 is 9.53 Å². The van der Waals surface area contributed by atoms with E-state index in [0.717, 1.165) is 28.3 Å². The van der Waals surface area contributed by atoms with E-state index in [9.17, 15) is 4.79 Å². The van der Waals surface area contributed by atoms with E-state index in [4.69, 9.17) is 4.74 Å². The number of nitrogens with one attached hydrogen (secondary N) is 2. The Labute approximate surface area is 144 Å². The van der Waals surface area contributed by atoms with E-state index >= 15 is 0 Å². The summed E-state index contributed by atoms with van der Waals surface area (Å²) in [6.07, 6.45) is 0.547. The summed E-state index contributed by atoms with van der Waals surface area (Å²) in [5, 5.41) is 6.24. The van der Waals surface area contributed by atoms with Gasteiger partial charge in [0.25, 0.3) is 0 Å². The first kappa shape index (κ1) is 18.6. The topological polar surface area (TPSA) is 50.4 Å². The first-order chi connectivity index (χ1) is 9.74. The standard InChI is InChI=1S/C14H19BrN2O2S.ClH/c15-11-1-3-13(4-2-11)19-7-5-17-14(18)9-12-10-20-8-6-16-12;/h1-4,12,16H,5-10H2,(H,17,18);1H. The molecule has 21 heavy (non-hydrogen) atoms. The average molecular weight is 396 g/mol. The van der Waals surface area contributed by atoms with E-state index in [1.54, 1.807) is 0 Å². The van der Waals surface area contributed by atoms with Gasteiger partial charge in [0.1, 0.15) is 12.4 Å². The molecule has 0 spiro atoms. The van der Waals surface area contributed by atoms with Crippen LogP contribution >= 0.6 is 40.1 Å². The van der Waals surface area contributed by atoms with Gasteiger partial charge in [-0.3, -0.25) is 4.79 Å². The van der Waals surface area contributed by atoms with Gasteiger partial charge in [-0.15, -0.1) is 12.4 Å². The van der Waals surface area contributed by atoms with Crippen LogP contribution in [0.2, 0.25) is 0 Å². The summed E-state index contributed by atoms with van der Waals surface area (Å²) in [7, 11) is 0. The van der Waals surface area contributed by atoms with Crippen LogP contribution in [0.1, 0.15) is 6.42 Å². The number of benzene rings is 1. The Morgan fingerprint density at radius 3 is 2.86 bits per heavy atom. The van der Waals surface area contributed by atoms with Gasteiger partial charge in [-0.2, -0.15) is 11.8 Å². The van der Waals surface area contributed by atoms with Crippen molar-refractivity contribution in [3.63, 3.8) is 0 Å². The van der Waals surface area contributed by atoms with Crippen LogP contribution in [0.25, 0.3) is 0 Å². The van der Waals surface area contributed by atoms with Gasteiger partial charge in [0.15, 0.2) is 0 Å². The van der Waals surface area contributed by atoms with Crippen molar-refractivity contribution >= 4 is 46.0 Å². The number of ether oxygens (including phenoxy) is 1. The molecule has 0 bridgehead atoms. The van der Waals surface area contributed by atoms with Crippen molar-refractivity contribution in [3.05, 3.63) is 28.7 Å². The van der Waals surface area contributed by atoms with E-state index in [2.05, 4.69) is 26.6 Å². The van der Waals surface area contributed by atoms with Gasteiger partial charge in [0.2, 0.25) is 5.91 Å². The van der Waals surface area contributed by atoms with Crippen LogP contribution in [0, 0.1) is 0 Å². The minimum Gasteiger partial charge on any atom is -0.492 e. The van der Waals surface area contributed by atoms with E-state index in [1.807, 2.05) is 36.0 Å². The molecule has 0 aromatic heterocycles. The molecule has 4 nitrogen and oxygen atoms in total. The Kier molecular flexibility index (Phi) is 9.15. The van der Waals surface area contributed by atoms with Crippen LogP contribution in [-0.4, -0.2) is 43.2 Å². The molecule has 1 unspecified atom stereocenters. The highest BCUT2D eigenvalue weighted by molar-refractivity contribution is 9.10. The molecule has 2 N–H and O–H groups in total. The third kappa shape index (κ3) is 7.40. The molecule has 1 atom stereocenters. The Morgan fingerprint density at radius 2 is 2.19 bits per heavy atom. The molecule has 0 radical (unpaired) electrons. The zero-order valence-corrected chi connectivity index (χ0v) is 14.9. The maximum absolute atomic E-state index is 11.7. The molecule has 2 rings (SSSR count). The predicted molar refractivity (Wildman–Crippen MR) is 93.6 cm³/mol. The first-order valence-electron chi connectivity index (χ1n) is 6.70. The SMILES string of the molecule is Cl.O=C(CC1CSCCN1)NCCOc1ccc(Br)cc1. The summed E-state index contributed by atoms with van der Waals surface area (Å²) >= 11 is 5.27. The molecule has 1 heterocycles. The maximum atomic E-state index is 11.7. The highest BCUT2D eigenvalue weighted by Crippen LogP contribution is 2.15. The highest BCUT2D eigenvalue weighted by Gasteiger charge is 2.16. The fourth-order valence-electron chi connectivity index (χ4n) is 1.94. The number of hydrogen-bond acceptors (Lipinski definition) is 4. The predicted octanol–water partition coefficient (Wildman–Crippen LogP) is 2.46. The minimum absolute atomic E-state index is 0. The lowest BCUT2D eigenvalue weighted by Crippen LogP contribution is -2.41. The number of amides is 1. The molecule has 7 heteroatoms. The summed E-state index contributed by atoms with van der Waals surface area (Å²) in [6.45, 7) is 2.02. The van der Waals surface area contributed by atoms with E-state index in [0.29, 0.717) is 25.6 Å². The van der Waals surface area contributed by atoms with Gasteiger partial charge in [-0.1, -0.05) is 15.9 Å². The van der Waals surface area contributed by atoms with Crippen LogP contribution in [-0.2, 0) is 4.79 Å². The lowest BCUT2D eigenvalue weighted by Gasteiger charge is -2.22. The largest absolute Gasteiger partial charge is 0.492 e. The number of carbonyl (C=O) groups is 1. The lowest BCUT2D eigenvalue weighted by atomic mass is 10.2. The van der Waals surface area contributed by atoms with Gasteiger partial charge < -0.3 is 15.4 Å². The molecule has 0 saturated carbocycles. The second-order valence-corrected chi connectivity index (χ2v) is 6.65. The highest BCUT2D eigenvalue weighted by atomic mass is 79.9. The van der Waals surface area contributed by atoms with E-state index in [-0.39, 0.29) is 18.3 Å². The Bertz CT molecular complexity index is 427. The van der Waals surface area contributed by atoms with Crippen molar-refractivity contribution in [2.24, 2.45) is 0 Å². The molecule has 1 amide bonds. The molecule has 1 aliphatic rings. The second kappa shape index (κ2) is 10.3. The number of rotatable bonds is 6. The van der Waals surface area contributed by atoms with E-state index < -0.39 is 0 Å². The van der Waals surface area contributed by atoms with Gasteiger partial charge in [0, 0.05) is 35.0 Å². The molecule has 1 fully saturated rings. The lowest BCUT2D eigenvalue weighted by molar-refractivity contribution is -0.121. The normalized spacial score (nSPS) is 17.7. The van der Waals surface area contributed by atoms with Gasteiger partial charge in [-0.05, 0) is 24.3 Å². The van der Waals surface area contributed by atoms with Crippen LogP contribution < -0.4 is 15.4 Å². The first-order valence-corrected chi connectivity index (χ1v) is 8.65. The number of carbonyl (C=O) groups excluding carboxylic acids is 1. The maximum Gasteiger partial charge on any atom is 0.221 e.